The zero-order valence-corrected chi connectivity index (χ0v) is 15.7. The fourth-order valence-corrected chi connectivity index (χ4v) is 3.23. The van der Waals surface area contributed by atoms with E-state index in [9.17, 15) is 24.0 Å². The molecule has 9 nitrogen and oxygen atoms in total. The van der Waals surface area contributed by atoms with E-state index in [1.807, 2.05) is 19.1 Å². The summed E-state index contributed by atoms with van der Waals surface area (Å²) in [6, 6.07) is 6.40. The molecule has 2 fully saturated rings. The van der Waals surface area contributed by atoms with E-state index >= 15 is 0 Å². The quantitative estimate of drug-likeness (QED) is 0.580. The van der Waals surface area contributed by atoms with Gasteiger partial charge in [0.25, 0.3) is 11.8 Å². The molecular formula is C19H21N3O6. The minimum atomic E-state index is -1.29. The molecule has 2 aliphatic heterocycles. The number of carbonyl (C=O) groups excluding carboxylic acids is 5. The predicted molar refractivity (Wildman–Crippen MR) is 95.7 cm³/mol. The Kier molecular flexibility index (Phi) is 5.17. The van der Waals surface area contributed by atoms with Crippen molar-refractivity contribution < 1.29 is 28.7 Å². The minimum Gasteiger partial charge on any atom is -0.454 e. The lowest BCUT2D eigenvalue weighted by molar-refractivity contribution is -0.155. The molecule has 2 aliphatic rings. The van der Waals surface area contributed by atoms with Crippen LogP contribution in [0.2, 0.25) is 0 Å². The second kappa shape index (κ2) is 7.41. The number of likely N-dealkylation sites (tertiary alicyclic amines) is 1. The zero-order valence-electron chi connectivity index (χ0n) is 15.7. The molecule has 148 valence electrons. The lowest BCUT2D eigenvalue weighted by atomic mass is 9.91. The van der Waals surface area contributed by atoms with Crippen molar-refractivity contribution in [2.75, 3.05) is 19.7 Å². The minimum absolute atomic E-state index is 0.291. The molecule has 1 atom stereocenters. The van der Waals surface area contributed by atoms with E-state index in [1.54, 1.807) is 19.1 Å². The van der Waals surface area contributed by atoms with Gasteiger partial charge in [0, 0.05) is 13.0 Å². The normalized spacial score (nSPS) is 21.9. The fraction of sp³-hybridized carbons (Fsp3) is 0.421. The summed E-state index contributed by atoms with van der Waals surface area (Å²) in [7, 11) is 0. The van der Waals surface area contributed by atoms with Gasteiger partial charge in [0.2, 0.25) is 5.91 Å². The predicted octanol–water partition coefficient (Wildman–Crippen LogP) is 0.454. The summed E-state index contributed by atoms with van der Waals surface area (Å²) in [5.41, 5.74) is 0.309. The third-order valence-electron chi connectivity index (χ3n) is 4.92. The van der Waals surface area contributed by atoms with Crippen LogP contribution in [0, 0.1) is 6.92 Å². The average molecular weight is 387 g/mol. The first kappa shape index (κ1) is 19.5. The Morgan fingerprint density at radius 1 is 1.18 bits per heavy atom. The maximum atomic E-state index is 12.8. The Bertz CT molecular complexity index is 850. The average Bonchev–Trinajstić information content (AvgIpc) is 3.17. The first-order valence-corrected chi connectivity index (χ1v) is 8.92. The highest BCUT2D eigenvalue weighted by molar-refractivity contribution is 6.09. The number of hydrogen-bond acceptors (Lipinski definition) is 6. The van der Waals surface area contributed by atoms with Gasteiger partial charge in [0.1, 0.15) is 12.1 Å². The molecule has 1 aromatic carbocycles. The molecular weight excluding hydrogens is 366 g/mol. The molecule has 0 spiro atoms. The Morgan fingerprint density at radius 2 is 1.86 bits per heavy atom. The summed E-state index contributed by atoms with van der Waals surface area (Å²) in [5.74, 6) is -2.41. The van der Waals surface area contributed by atoms with Crippen molar-refractivity contribution in [2.45, 2.75) is 32.2 Å². The van der Waals surface area contributed by atoms with Crippen LogP contribution in [0.25, 0.3) is 0 Å². The molecule has 0 unspecified atom stereocenters. The number of rotatable bonds is 5. The number of esters is 1. The summed E-state index contributed by atoms with van der Waals surface area (Å²) in [6.45, 7) is 2.54. The SMILES string of the molecule is Cc1ccc([C@@]2(C)NC(=O)N(CC(=O)OCC(=O)N3CCCC3=O)C2=O)cc1. The Labute approximate surface area is 161 Å². The molecule has 0 saturated carbocycles. The van der Waals surface area contributed by atoms with Crippen molar-refractivity contribution in [3.63, 3.8) is 0 Å². The molecule has 3 rings (SSSR count). The van der Waals surface area contributed by atoms with Gasteiger partial charge in [-0.2, -0.15) is 0 Å². The maximum Gasteiger partial charge on any atom is 0.326 e. The van der Waals surface area contributed by atoms with Crippen LogP contribution in [0.4, 0.5) is 4.79 Å². The van der Waals surface area contributed by atoms with Gasteiger partial charge in [-0.25, -0.2) is 4.79 Å². The van der Waals surface area contributed by atoms with E-state index in [0.29, 0.717) is 24.9 Å². The molecule has 5 amide bonds. The Morgan fingerprint density at radius 3 is 2.46 bits per heavy atom. The smallest absolute Gasteiger partial charge is 0.326 e. The maximum absolute atomic E-state index is 12.8. The Balaban J connectivity index is 1.61. The van der Waals surface area contributed by atoms with Gasteiger partial charge >= 0.3 is 12.0 Å². The first-order valence-electron chi connectivity index (χ1n) is 8.92. The zero-order chi connectivity index (χ0) is 20.5. The van der Waals surface area contributed by atoms with Crippen LogP contribution in [-0.4, -0.2) is 59.2 Å². The van der Waals surface area contributed by atoms with E-state index < -0.39 is 42.5 Å². The standard InChI is InChI=1S/C19H21N3O6/c1-12-5-7-13(8-6-12)19(2)17(26)22(18(27)20-19)10-16(25)28-11-15(24)21-9-3-4-14(21)23/h5-8H,3-4,9-11H2,1-2H3,(H,20,27)/t19-/m1/s1. The second-order valence-corrected chi connectivity index (χ2v) is 7.02. The van der Waals surface area contributed by atoms with Gasteiger partial charge < -0.3 is 10.1 Å². The van der Waals surface area contributed by atoms with E-state index in [1.165, 1.54) is 0 Å². The monoisotopic (exact) mass is 387 g/mol. The van der Waals surface area contributed by atoms with Crippen LogP contribution < -0.4 is 5.32 Å². The number of carbonyl (C=O) groups is 5. The lowest BCUT2D eigenvalue weighted by Gasteiger charge is -2.22. The lowest BCUT2D eigenvalue weighted by Crippen LogP contribution is -2.42. The van der Waals surface area contributed by atoms with Gasteiger partial charge in [-0.3, -0.25) is 29.0 Å². The van der Waals surface area contributed by atoms with Gasteiger partial charge in [-0.15, -0.1) is 0 Å². The number of hydrogen-bond donors (Lipinski definition) is 1. The largest absolute Gasteiger partial charge is 0.454 e. The molecule has 1 N–H and O–H groups in total. The van der Waals surface area contributed by atoms with Crippen LogP contribution in [-0.2, 0) is 29.5 Å². The van der Waals surface area contributed by atoms with E-state index in [0.717, 1.165) is 15.4 Å². The van der Waals surface area contributed by atoms with Crippen molar-refractivity contribution in [3.05, 3.63) is 35.4 Å². The summed E-state index contributed by atoms with van der Waals surface area (Å²) in [5, 5.41) is 2.60. The number of ether oxygens (including phenoxy) is 1. The van der Waals surface area contributed by atoms with Gasteiger partial charge in [-0.05, 0) is 25.8 Å². The highest BCUT2D eigenvalue weighted by atomic mass is 16.5. The molecule has 2 saturated heterocycles. The number of imide groups is 2. The molecule has 0 aromatic heterocycles. The van der Waals surface area contributed by atoms with Crippen LogP contribution in [0.5, 0.6) is 0 Å². The molecule has 2 heterocycles. The van der Waals surface area contributed by atoms with E-state index in [-0.39, 0.29) is 5.91 Å². The third kappa shape index (κ3) is 3.60. The van der Waals surface area contributed by atoms with Crippen molar-refractivity contribution in [1.29, 1.82) is 0 Å². The van der Waals surface area contributed by atoms with Crippen molar-refractivity contribution in [2.24, 2.45) is 0 Å². The summed E-state index contributed by atoms with van der Waals surface area (Å²) >= 11 is 0. The molecule has 0 aliphatic carbocycles. The van der Waals surface area contributed by atoms with Crippen LogP contribution in [0.3, 0.4) is 0 Å². The van der Waals surface area contributed by atoms with Crippen molar-refractivity contribution in [3.8, 4) is 0 Å². The number of benzene rings is 1. The Hall–Kier alpha value is -3.23. The van der Waals surface area contributed by atoms with Crippen LogP contribution >= 0.6 is 0 Å². The fourth-order valence-electron chi connectivity index (χ4n) is 3.23. The van der Waals surface area contributed by atoms with E-state index in [2.05, 4.69) is 5.32 Å². The number of nitrogens with zero attached hydrogens (tertiary/aromatic N) is 2. The summed E-state index contributed by atoms with van der Waals surface area (Å²) < 4.78 is 4.86. The van der Waals surface area contributed by atoms with Gasteiger partial charge in [-0.1, -0.05) is 29.8 Å². The molecule has 28 heavy (non-hydrogen) atoms. The summed E-state index contributed by atoms with van der Waals surface area (Å²) in [4.78, 5) is 62.2. The molecule has 0 radical (unpaired) electrons. The van der Waals surface area contributed by atoms with Crippen molar-refractivity contribution in [1.82, 2.24) is 15.1 Å². The number of amides is 5. The topological polar surface area (TPSA) is 113 Å². The van der Waals surface area contributed by atoms with Crippen LogP contribution in [0.15, 0.2) is 24.3 Å². The first-order chi connectivity index (χ1) is 13.2. The molecule has 0 bridgehead atoms. The molecule has 1 aromatic rings. The van der Waals surface area contributed by atoms with E-state index in [4.69, 9.17) is 4.74 Å². The number of nitrogens with one attached hydrogen (secondary N) is 1. The molecule has 9 heteroatoms. The third-order valence-corrected chi connectivity index (χ3v) is 4.92. The highest BCUT2D eigenvalue weighted by Crippen LogP contribution is 2.28. The number of aryl methyl sites for hydroxylation is 1. The second-order valence-electron chi connectivity index (χ2n) is 7.02. The number of urea groups is 1. The summed E-state index contributed by atoms with van der Waals surface area (Å²) in [6.07, 6.45) is 0.873. The van der Waals surface area contributed by atoms with Gasteiger partial charge in [0.15, 0.2) is 6.61 Å². The van der Waals surface area contributed by atoms with Crippen LogP contribution in [0.1, 0.15) is 30.9 Å². The van der Waals surface area contributed by atoms with Crippen molar-refractivity contribution >= 4 is 29.7 Å². The van der Waals surface area contributed by atoms with Gasteiger partial charge in [0.05, 0.1) is 0 Å². The highest BCUT2D eigenvalue weighted by Gasteiger charge is 2.49.